The molecule has 162 valence electrons. The molecule has 3 rings (SSSR count). The number of amides is 1. The smallest absolute Gasteiger partial charge is 0.243 e. The average molecular weight is 433 g/mol. The Morgan fingerprint density at radius 3 is 2.33 bits per heavy atom. The highest BCUT2D eigenvalue weighted by atomic mass is 32.2. The molecule has 7 nitrogen and oxygen atoms in total. The summed E-state index contributed by atoms with van der Waals surface area (Å²) in [5.41, 5.74) is 2.96. The number of hydrogen-bond donors (Lipinski definition) is 1. The number of rotatable bonds is 6. The van der Waals surface area contributed by atoms with Crippen LogP contribution in [0.25, 0.3) is 0 Å². The van der Waals surface area contributed by atoms with Crippen LogP contribution in [0.15, 0.2) is 41.3 Å². The summed E-state index contributed by atoms with van der Waals surface area (Å²) in [6.07, 6.45) is 0.951. The normalized spacial score (nSPS) is 15.6. The fourth-order valence-electron chi connectivity index (χ4n) is 3.61. The van der Waals surface area contributed by atoms with Crippen molar-refractivity contribution >= 4 is 21.6 Å². The number of piperidine rings is 1. The molecule has 1 saturated heterocycles. The Kier molecular flexibility index (Phi) is 6.67. The van der Waals surface area contributed by atoms with E-state index >= 15 is 0 Å². The van der Waals surface area contributed by atoms with Crippen molar-refractivity contribution in [2.45, 2.75) is 31.6 Å². The molecular formula is C22H28N2O5S. The molecule has 0 spiro atoms. The second kappa shape index (κ2) is 9.06. The molecule has 2 aromatic rings. The van der Waals surface area contributed by atoms with Crippen LogP contribution in [0.5, 0.6) is 11.5 Å². The molecule has 0 unspecified atom stereocenters. The van der Waals surface area contributed by atoms with Gasteiger partial charge in [-0.3, -0.25) is 4.79 Å². The Morgan fingerprint density at radius 2 is 1.70 bits per heavy atom. The minimum atomic E-state index is -3.67. The third-order valence-corrected chi connectivity index (χ3v) is 7.57. The van der Waals surface area contributed by atoms with Crippen LogP contribution in [0.3, 0.4) is 0 Å². The summed E-state index contributed by atoms with van der Waals surface area (Å²) in [6, 6.07) is 10.4. The summed E-state index contributed by atoms with van der Waals surface area (Å²) >= 11 is 0. The van der Waals surface area contributed by atoms with Crippen molar-refractivity contribution in [2.75, 3.05) is 32.6 Å². The van der Waals surface area contributed by atoms with Gasteiger partial charge in [-0.05, 0) is 56.0 Å². The Balaban J connectivity index is 1.67. The van der Waals surface area contributed by atoms with E-state index in [1.807, 2.05) is 32.0 Å². The van der Waals surface area contributed by atoms with E-state index in [1.54, 1.807) is 6.07 Å². The average Bonchev–Trinajstić information content (AvgIpc) is 2.76. The van der Waals surface area contributed by atoms with Gasteiger partial charge in [-0.1, -0.05) is 12.1 Å². The first-order valence-corrected chi connectivity index (χ1v) is 11.3. The second-order valence-electron chi connectivity index (χ2n) is 7.43. The second-order valence-corrected chi connectivity index (χ2v) is 9.37. The van der Waals surface area contributed by atoms with Crippen LogP contribution in [0, 0.1) is 19.8 Å². The van der Waals surface area contributed by atoms with Gasteiger partial charge in [0.25, 0.3) is 0 Å². The third-order valence-electron chi connectivity index (χ3n) is 5.68. The monoisotopic (exact) mass is 432 g/mol. The van der Waals surface area contributed by atoms with Gasteiger partial charge in [0.15, 0.2) is 11.5 Å². The minimum Gasteiger partial charge on any atom is -0.493 e. The fourth-order valence-corrected chi connectivity index (χ4v) is 5.09. The maximum atomic E-state index is 13.0. The van der Waals surface area contributed by atoms with Gasteiger partial charge in [-0.2, -0.15) is 4.31 Å². The predicted octanol–water partition coefficient (Wildman–Crippen LogP) is 3.36. The highest BCUT2D eigenvalue weighted by Gasteiger charge is 2.32. The van der Waals surface area contributed by atoms with E-state index in [9.17, 15) is 13.2 Å². The molecular weight excluding hydrogens is 404 g/mol. The lowest BCUT2D eigenvalue weighted by Crippen LogP contribution is -2.41. The molecule has 30 heavy (non-hydrogen) atoms. The van der Waals surface area contributed by atoms with Gasteiger partial charge < -0.3 is 14.8 Å². The molecule has 1 fully saturated rings. The van der Waals surface area contributed by atoms with E-state index in [4.69, 9.17) is 9.47 Å². The summed E-state index contributed by atoms with van der Waals surface area (Å²) in [5.74, 6) is 0.549. The number of benzene rings is 2. The molecule has 8 heteroatoms. The van der Waals surface area contributed by atoms with Gasteiger partial charge in [-0.15, -0.1) is 0 Å². The molecule has 1 aliphatic rings. The topological polar surface area (TPSA) is 84.9 Å². The van der Waals surface area contributed by atoms with Gasteiger partial charge >= 0.3 is 0 Å². The number of carbonyl (C=O) groups excluding carboxylic acids is 1. The molecule has 0 bridgehead atoms. The third kappa shape index (κ3) is 4.44. The Bertz CT molecular complexity index is 1030. The molecule has 0 radical (unpaired) electrons. The lowest BCUT2D eigenvalue weighted by molar-refractivity contribution is -0.120. The van der Waals surface area contributed by atoms with Gasteiger partial charge in [0.2, 0.25) is 15.9 Å². The molecule has 0 aromatic heterocycles. The molecule has 1 N–H and O–H groups in total. The zero-order chi connectivity index (χ0) is 21.9. The van der Waals surface area contributed by atoms with Crippen molar-refractivity contribution in [1.82, 2.24) is 4.31 Å². The number of hydrogen-bond acceptors (Lipinski definition) is 5. The lowest BCUT2D eigenvalue weighted by Gasteiger charge is -2.30. The van der Waals surface area contributed by atoms with Crippen molar-refractivity contribution < 1.29 is 22.7 Å². The van der Waals surface area contributed by atoms with Crippen LogP contribution < -0.4 is 14.8 Å². The number of anilines is 1. The first-order valence-electron chi connectivity index (χ1n) is 9.87. The van der Waals surface area contributed by atoms with E-state index in [0.717, 1.165) is 16.8 Å². The standard InChI is InChI=1S/C22H28N2O5S/c1-15-6-5-7-19(16(15)2)23-22(25)17-10-12-24(13-11-17)30(26,27)18-8-9-20(28-3)21(14-18)29-4/h5-9,14,17H,10-13H2,1-4H3,(H,23,25). The van der Waals surface area contributed by atoms with Crippen LogP contribution in [0.1, 0.15) is 24.0 Å². The van der Waals surface area contributed by atoms with Gasteiger partial charge in [0.05, 0.1) is 19.1 Å². The Morgan fingerprint density at radius 1 is 1.03 bits per heavy atom. The molecule has 0 saturated carbocycles. The minimum absolute atomic E-state index is 0.0631. The zero-order valence-electron chi connectivity index (χ0n) is 17.8. The highest BCUT2D eigenvalue weighted by Crippen LogP contribution is 2.32. The van der Waals surface area contributed by atoms with Gasteiger partial charge in [0, 0.05) is 30.8 Å². The molecule has 1 aliphatic heterocycles. The van der Waals surface area contributed by atoms with Crippen molar-refractivity contribution in [3.8, 4) is 11.5 Å². The van der Waals surface area contributed by atoms with E-state index < -0.39 is 10.0 Å². The van der Waals surface area contributed by atoms with Crippen LogP contribution in [-0.4, -0.2) is 45.9 Å². The van der Waals surface area contributed by atoms with Crippen LogP contribution >= 0.6 is 0 Å². The SMILES string of the molecule is COc1ccc(S(=O)(=O)N2CCC(C(=O)Nc3cccc(C)c3C)CC2)cc1OC. The molecule has 2 aromatic carbocycles. The van der Waals surface area contributed by atoms with Gasteiger partial charge in [-0.25, -0.2) is 8.42 Å². The summed E-state index contributed by atoms with van der Waals surface area (Å²) in [5, 5.41) is 3.00. The lowest BCUT2D eigenvalue weighted by atomic mass is 9.97. The summed E-state index contributed by atoms with van der Waals surface area (Å²) in [6.45, 7) is 4.56. The first kappa shape index (κ1) is 22.1. The number of ether oxygens (including phenoxy) is 2. The largest absolute Gasteiger partial charge is 0.493 e. The molecule has 1 heterocycles. The summed E-state index contributed by atoms with van der Waals surface area (Å²) in [7, 11) is -0.707. The maximum Gasteiger partial charge on any atom is 0.243 e. The summed E-state index contributed by atoms with van der Waals surface area (Å²) < 4.78 is 37.9. The van der Waals surface area contributed by atoms with Crippen molar-refractivity contribution in [2.24, 2.45) is 5.92 Å². The molecule has 0 atom stereocenters. The van der Waals surface area contributed by atoms with E-state index in [-0.39, 0.29) is 16.7 Å². The van der Waals surface area contributed by atoms with E-state index in [2.05, 4.69) is 5.32 Å². The number of sulfonamides is 1. The van der Waals surface area contributed by atoms with Crippen LogP contribution in [-0.2, 0) is 14.8 Å². The highest BCUT2D eigenvalue weighted by molar-refractivity contribution is 7.89. The zero-order valence-corrected chi connectivity index (χ0v) is 18.6. The summed E-state index contributed by atoms with van der Waals surface area (Å²) in [4.78, 5) is 12.9. The number of carbonyl (C=O) groups is 1. The Hall–Kier alpha value is -2.58. The van der Waals surface area contributed by atoms with Crippen LogP contribution in [0.4, 0.5) is 5.69 Å². The quantitative estimate of drug-likeness (QED) is 0.757. The number of aryl methyl sites for hydroxylation is 1. The number of methoxy groups -OCH3 is 2. The van der Waals surface area contributed by atoms with Crippen molar-refractivity contribution in [3.05, 3.63) is 47.5 Å². The first-order chi connectivity index (χ1) is 14.3. The molecule has 0 aliphatic carbocycles. The maximum absolute atomic E-state index is 13.0. The van der Waals surface area contributed by atoms with E-state index in [1.165, 1.54) is 30.7 Å². The molecule has 1 amide bonds. The number of nitrogens with zero attached hydrogens (tertiary/aromatic N) is 1. The predicted molar refractivity (Wildman–Crippen MR) is 116 cm³/mol. The van der Waals surface area contributed by atoms with Crippen LogP contribution in [0.2, 0.25) is 0 Å². The van der Waals surface area contributed by atoms with Crippen molar-refractivity contribution in [3.63, 3.8) is 0 Å². The fraction of sp³-hybridized carbons (Fsp3) is 0.409. The Labute approximate surface area is 178 Å². The number of nitrogens with one attached hydrogen (secondary N) is 1. The van der Waals surface area contributed by atoms with Gasteiger partial charge in [0.1, 0.15) is 0 Å². The van der Waals surface area contributed by atoms with E-state index in [0.29, 0.717) is 37.4 Å². The van der Waals surface area contributed by atoms with Crippen molar-refractivity contribution in [1.29, 1.82) is 0 Å².